The van der Waals surface area contributed by atoms with Crippen molar-refractivity contribution < 1.29 is 19.1 Å². The zero-order valence-electron chi connectivity index (χ0n) is 12.0. The highest BCUT2D eigenvalue weighted by Gasteiger charge is 2.19. The Bertz CT molecular complexity index is 661. The Morgan fingerprint density at radius 2 is 2.36 bits per heavy atom. The fourth-order valence-electron chi connectivity index (χ4n) is 1.81. The van der Waals surface area contributed by atoms with E-state index in [1.54, 1.807) is 19.1 Å². The van der Waals surface area contributed by atoms with Gasteiger partial charge in [-0.3, -0.25) is 4.79 Å². The van der Waals surface area contributed by atoms with E-state index in [-0.39, 0.29) is 12.8 Å². The topological polar surface area (TPSA) is 92.4 Å². The number of rotatable bonds is 7. The van der Waals surface area contributed by atoms with E-state index < -0.39 is 17.9 Å². The van der Waals surface area contributed by atoms with Crippen LogP contribution >= 0.6 is 11.3 Å². The second-order valence-electron chi connectivity index (χ2n) is 4.56. The number of carboxylic acids is 1. The van der Waals surface area contributed by atoms with Crippen LogP contribution < -0.4 is 5.32 Å². The summed E-state index contributed by atoms with van der Waals surface area (Å²) in [7, 11) is 0. The summed E-state index contributed by atoms with van der Waals surface area (Å²) in [5, 5.41) is 13.4. The van der Waals surface area contributed by atoms with Gasteiger partial charge >= 0.3 is 5.97 Å². The lowest BCUT2D eigenvalue weighted by atomic mass is 10.2. The van der Waals surface area contributed by atoms with Crippen molar-refractivity contribution in [2.24, 2.45) is 0 Å². The monoisotopic (exact) mass is 320 g/mol. The average Bonchev–Trinajstić information content (AvgIpc) is 3.13. The number of nitrogens with one attached hydrogen (secondary N) is 1. The third-order valence-corrected chi connectivity index (χ3v) is 3.72. The lowest BCUT2D eigenvalue weighted by molar-refractivity contribution is -0.141. The lowest BCUT2D eigenvalue weighted by Crippen LogP contribution is -2.41. The largest absolute Gasteiger partial charge is 0.480 e. The van der Waals surface area contributed by atoms with Crippen molar-refractivity contribution in [3.63, 3.8) is 0 Å². The summed E-state index contributed by atoms with van der Waals surface area (Å²) in [6, 6.07) is 2.82. The van der Waals surface area contributed by atoms with Crippen LogP contribution in [0, 0.1) is 0 Å². The van der Waals surface area contributed by atoms with Crippen molar-refractivity contribution in [1.82, 2.24) is 10.3 Å². The van der Waals surface area contributed by atoms with Gasteiger partial charge in [0.2, 0.25) is 11.8 Å². The highest BCUT2D eigenvalue weighted by molar-refractivity contribution is 7.13. The van der Waals surface area contributed by atoms with Gasteiger partial charge in [0.05, 0.1) is 17.0 Å². The number of hydrogen-bond donors (Lipinski definition) is 2. The van der Waals surface area contributed by atoms with Gasteiger partial charge in [-0.15, -0.1) is 11.3 Å². The number of thiophene rings is 1. The van der Waals surface area contributed by atoms with Gasteiger partial charge in [0, 0.05) is 0 Å². The summed E-state index contributed by atoms with van der Waals surface area (Å²) in [6.45, 7) is 1.79. The van der Waals surface area contributed by atoms with Crippen LogP contribution in [0.2, 0.25) is 0 Å². The molecule has 0 saturated heterocycles. The van der Waals surface area contributed by atoms with Gasteiger partial charge in [0.15, 0.2) is 0 Å². The molecule has 0 saturated carbocycles. The first-order valence-electron chi connectivity index (χ1n) is 6.71. The lowest BCUT2D eigenvalue weighted by Gasteiger charge is -2.11. The number of hydrogen-bond acceptors (Lipinski definition) is 5. The molecule has 2 aromatic heterocycles. The van der Waals surface area contributed by atoms with Gasteiger partial charge in [-0.25, -0.2) is 9.78 Å². The van der Waals surface area contributed by atoms with Gasteiger partial charge in [-0.05, 0) is 24.8 Å². The Hall–Kier alpha value is -2.41. The Labute approximate surface area is 131 Å². The second-order valence-corrected chi connectivity index (χ2v) is 5.51. The van der Waals surface area contributed by atoms with E-state index in [1.165, 1.54) is 17.6 Å². The van der Waals surface area contributed by atoms with Crippen LogP contribution in [0.4, 0.5) is 0 Å². The molecular weight excluding hydrogens is 304 g/mol. The Morgan fingerprint density at radius 1 is 1.55 bits per heavy atom. The molecule has 2 N–H and O–H groups in total. The van der Waals surface area contributed by atoms with Crippen LogP contribution in [-0.2, 0) is 16.0 Å². The number of nitrogens with zero attached hydrogens (tertiary/aromatic N) is 1. The molecule has 0 spiro atoms. The van der Waals surface area contributed by atoms with Crippen molar-refractivity contribution in [3.8, 4) is 10.8 Å². The molecule has 2 aromatic rings. The minimum absolute atomic E-state index is 0.0194. The molecule has 0 aliphatic carbocycles. The first kappa shape index (κ1) is 16.0. The van der Waals surface area contributed by atoms with Crippen LogP contribution in [0.15, 0.2) is 40.3 Å². The molecule has 0 bridgehead atoms. The van der Waals surface area contributed by atoms with Crippen LogP contribution in [0.1, 0.15) is 19.0 Å². The van der Waals surface area contributed by atoms with Crippen molar-refractivity contribution >= 4 is 23.2 Å². The highest BCUT2D eigenvalue weighted by atomic mass is 32.1. The zero-order chi connectivity index (χ0) is 15.9. The fraction of sp³-hybridized carbons (Fsp3) is 0.267. The number of carbonyl (C=O) groups is 2. The molecule has 0 fully saturated rings. The van der Waals surface area contributed by atoms with Gasteiger partial charge in [0.1, 0.15) is 12.3 Å². The van der Waals surface area contributed by atoms with Crippen molar-refractivity contribution in [2.75, 3.05) is 0 Å². The van der Waals surface area contributed by atoms with E-state index >= 15 is 0 Å². The Balaban J connectivity index is 1.95. The molecule has 0 aliphatic heterocycles. The van der Waals surface area contributed by atoms with Crippen LogP contribution in [0.25, 0.3) is 10.8 Å². The highest BCUT2D eigenvalue weighted by Crippen LogP contribution is 2.23. The number of aliphatic carboxylic acids is 1. The second kappa shape index (κ2) is 7.56. The summed E-state index contributed by atoms with van der Waals surface area (Å²) in [6.07, 6.45) is 5.08. The van der Waals surface area contributed by atoms with Crippen molar-refractivity contribution in [1.29, 1.82) is 0 Å². The molecule has 6 nitrogen and oxygen atoms in total. The molecule has 2 rings (SSSR count). The predicted octanol–water partition coefficient (Wildman–Crippen LogP) is 2.48. The zero-order valence-corrected chi connectivity index (χ0v) is 12.8. The molecule has 0 aliphatic rings. The van der Waals surface area contributed by atoms with Gasteiger partial charge in [0.25, 0.3) is 0 Å². The third kappa shape index (κ3) is 4.29. The normalized spacial score (nSPS) is 12.4. The van der Waals surface area contributed by atoms with Crippen LogP contribution in [0.5, 0.6) is 0 Å². The first-order chi connectivity index (χ1) is 10.6. The van der Waals surface area contributed by atoms with E-state index in [4.69, 9.17) is 9.52 Å². The van der Waals surface area contributed by atoms with E-state index in [0.717, 1.165) is 4.88 Å². The molecule has 0 aromatic carbocycles. The summed E-state index contributed by atoms with van der Waals surface area (Å²) < 4.78 is 5.32. The average molecular weight is 320 g/mol. The number of carbonyl (C=O) groups excluding carboxylic acids is 1. The Morgan fingerprint density at radius 3 is 3.00 bits per heavy atom. The predicted molar refractivity (Wildman–Crippen MR) is 82.5 cm³/mol. The molecule has 0 radical (unpaired) electrons. The molecule has 1 atom stereocenters. The van der Waals surface area contributed by atoms with Gasteiger partial charge < -0.3 is 14.8 Å². The number of amides is 1. The van der Waals surface area contributed by atoms with Gasteiger partial charge in [-0.2, -0.15) is 0 Å². The quantitative estimate of drug-likeness (QED) is 0.765. The maximum absolute atomic E-state index is 11.9. The van der Waals surface area contributed by atoms with E-state index in [0.29, 0.717) is 11.6 Å². The minimum atomic E-state index is -1.06. The SMILES string of the molecule is C/C=C/CC(NC(=O)Cc1coc(-c2cccs2)n1)C(=O)O. The van der Waals surface area contributed by atoms with E-state index in [2.05, 4.69) is 10.3 Å². The molecule has 2 heterocycles. The number of aromatic nitrogens is 1. The molecule has 1 unspecified atom stereocenters. The first-order valence-corrected chi connectivity index (χ1v) is 7.59. The number of carboxylic acid groups (broad SMARTS) is 1. The minimum Gasteiger partial charge on any atom is -0.480 e. The fourth-order valence-corrected chi connectivity index (χ4v) is 2.46. The summed E-state index contributed by atoms with van der Waals surface area (Å²) >= 11 is 1.49. The van der Waals surface area contributed by atoms with E-state index in [1.807, 2.05) is 17.5 Å². The van der Waals surface area contributed by atoms with E-state index in [9.17, 15) is 9.59 Å². The number of allylic oxidation sites excluding steroid dienone is 1. The smallest absolute Gasteiger partial charge is 0.326 e. The standard InChI is InChI=1S/C15H16N2O4S/c1-2-3-5-11(15(19)20)17-13(18)8-10-9-21-14(16-10)12-6-4-7-22-12/h2-4,6-7,9,11H,5,8H2,1H3,(H,17,18)(H,19,20)/b3-2+. The maximum atomic E-state index is 11.9. The molecular formula is C15H16N2O4S. The van der Waals surface area contributed by atoms with Gasteiger partial charge in [-0.1, -0.05) is 18.2 Å². The third-order valence-electron chi connectivity index (χ3n) is 2.87. The van der Waals surface area contributed by atoms with Crippen molar-refractivity contribution in [2.45, 2.75) is 25.8 Å². The van der Waals surface area contributed by atoms with Crippen molar-refractivity contribution in [3.05, 3.63) is 41.6 Å². The summed E-state index contributed by atoms with van der Waals surface area (Å²) in [4.78, 5) is 28.1. The summed E-state index contributed by atoms with van der Waals surface area (Å²) in [5.41, 5.74) is 0.469. The summed E-state index contributed by atoms with van der Waals surface area (Å²) in [5.74, 6) is -1.00. The maximum Gasteiger partial charge on any atom is 0.326 e. The Kier molecular flexibility index (Phi) is 5.48. The van der Waals surface area contributed by atoms with Crippen LogP contribution in [-0.4, -0.2) is 28.0 Å². The molecule has 116 valence electrons. The molecule has 22 heavy (non-hydrogen) atoms. The van der Waals surface area contributed by atoms with Crippen LogP contribution in [0.3, 0.4) is 0 Å². The molecule has 7 heteroatoms. The number of oxazole rings is 1. The molecule has 1 amide bonds.